The zero-order valence-corrected chi connectivity index (χ0v) is 10.4. The molecule has 0 amide bonds. The zero-order valence-electron chi connectivity index (χ0n) is 9.64. The van der Waals surface area contributed by atoms with Crippen molar-refractivity contribution >= 4 is 11.6 Å². The van der Waals surface area contributed by atoms with Gasteiger partial charge in [-0.1, -0.05) is 13.3 Å². The molecule has 0 aliphatic heterocycles. The molecule has 0 fully saturated rings. The van der Waals surface area contributed by atoms with Crippen molar-refractivity contribution in [3.05, 3.63) is 11.3 Å². The molecule has 0 bridgehead atoms. The van der Waals surface area contributed by atoms with Crippen LogP contribution in [-0.2, 0) is 18.6 Å². The summed E-state index contributed by atoms with van der Waals surface area (Å²) >= 11 is 5.54. The Kier molecular flexibility index (Phi) is 4.68. The van der Waals surface area contributed by atoms with Crippen LogP contribution in [0.4, 0.5) is 13.2 Å². The Hall–Kier alpha value is -0.910. The molecule has 0 saturated carbocycles. The summed E-state index contributed by atoms with van der Waals surface area (Å²) in [6.45, 7) is 2.34. The Bertz CT molecular complexity index is 376. The third-order valence-corrected chi connectivity index (χ3v) is 2.59. The van der Waals surface area contributed by atoms with Gasteiger partial charge in [0.25, 0.3) is 0 Å². The Morgan fingerprint density at radius 2 is 2.06 bits per heavy atom. The van der Waals surface area contributed by atoms with Crippen molar-refractivity contribution in [2.24, 2.45) is 0 Å². The average molecular weight is 271 g/mol. The molecule has 1 aromatic rings. The minimum absolute atomic E-state index is 0.0979. The highest BCUT2D eigenvalue weighted by Gasteiger charge is 2.39. The Labute approximate surface area is 103 Å². The number of ether oxygens (including phenoxy) is 1. The van der Waals surface area contributed by atoms with Crippen LogP contribution in [0.5, 0.6) is 5.88 Å². The van der Waals surface area contributed by atoms with Gasteiger partial charge in [0.15, 0.2) is 5.69 Å². The molecule has 0 aromatic carbocycles. The van der Waals surface area contributed by atoms with Gasteiger partial charge in [-0.25, -0.2) is 4.68 Å². The van der Waals surface area contributed by atoms with Crippen LogP contribution in [0.1, 0.15) is 31.0 Å². The van der Waals surface area contributed by atoms with E-state index in [4.69, 9.17) is 16.3 Å². The van der Waals surface area contributed by atoms with Crippen molar-refractivity contribution in [2.45, 2.75) is 38.4 Å². The van der Waals surface area contributed by atoms with Crippen LogP contribution in [0.25, 0.3) is 0 Å². The Balaban J connectivity index is 3.19. The highest BCUT2D eigenvalue weighted by atomic mass is 35.5. The Morgan fingerprint density at radius 3 is 2.47 bits per heavy atom. The first-order valence-electron chi connectivity index (χ1n) is 5.22. The fourth-order valence-corrected chi connectivity index (χ4v) is 1.76. The van der Waals surface area contributed by atoms with Gasteiger partial charge in [0.05, 0.1) is 18.6 Å². The maximum atomic E-state index is 12.7. The number of nitrogens with zero attached hydrogens (tertiary/aromatic N) is 2. The van der Waals surface area contributed by atoms with E-state index < -0.39 is 11.9 Å². The molecule has 98 valence electrons. The first-order valence-corrected chi connectivity index (χ1v) is 5.76. The summed E-state index contributed by atoms with van der Waals surface area (Å²) in [6.07, 6.45) is -2.91. The van der Waals surface area contributed by atoms with Crippen molar-refractivity contribution < 1.29 is 17.9 Å². The van der Waals surface area contributed by atoms with Gasteiger partial charge in [0.1, 0.15) is 0 Å². The first kappa shape index (κ1) is 14.2. The van der Waals surface area contributed by atoms with E-state index in [0.29, 0.717) is 6.54 Å². The van der Waals surface area contributed by atoms with E-state index in [9.17, 15) is 13.2 Å². The molecule has 1 rings (SSSR count). The van der Waals surface area contributed by atoms with Crippen LogP contribution in [0.2, 0.25) is 0 Å². The number of aryl methyl sites for hydroxylation is 1. The fraction of sp³-hybridized carbons (Fsp3) is 0.700. The number of aromatic nitrogens is 2. The highest BCUT2D eigenvalue weighted by Crippen LogP contribution is 2.36. The summed E-state index contributed by atoms with van der Waals surface area (Å²) < 4.78 is 44.3. The van der Waals surface area contributed by atoms with Gasteiger partial charge < -0.3 is 4.74 Å². The molecule has 1 aromatic heterocycles. The first-order chi connectivity index (χ1) is 7.95. The third kappa shape index (κ3) is 3.06. The second-order valence-electron chi connectivity index (χ2n) is 3.54. The molecule has 7 heteroatoms. The van der Waals surface area contributed by atoms with Crippen molar-refractivity contribution in [3.8, 4) is 5.88 Å². The lowest BCUT2D eigenvalue weighted by Gasteiger charge is -2.06. The second-order valence-corrected chi connectivity index (χ2v) is 3.81. The lowest BCUT2D eigenvalue weighted by atomic mass is 10.2. The van der Waals surface area contributed by atoms with E-state index in [1.165, 1.54) is 11.8 Å². The van der Waals surface area contributed by atoms with E-state index in [1.807, 2.05) is 6.92 Å². The van der Waals surface area contributed by atoms with Crippen LogP contribution in [0, 0.1) is 0 Å². The van der Waals surface area contributed by atoms with Crippen molar-refractivity contribution in [2.75, 3.05) is 7.11 Å². The molecule has 17 heavy (non-hydrogen) atoms. The number of unbranched alkanes of at least 4 members (excludes halogenated alkanes) is 1. The molecular weight excluding hydrogens is 257 g/mol. The SMILES string of the molecule is CCCCn1nc(C(F)(F)F)c(CCl)c1OC. The standard InChI is InChI=1S/C10H14ClF3N2O/c1-3-4-5-16-9(17-2)7(6-11)8(15-16)10(12,13)14/h3-6H2,1-2H3. The number of alkyl halides is 4. The van der Waals surface area contributed by atoms with Crippen molar-refractivity contribution in [3.63, 3.8) is 0 Å². The monoisotopic (exact) mass is 270 g/mol. The predicted molar refractivity (Wildman–Crippen MR) is 58.2 cm³/mol. The minimum atomic E-state index is -4.50. The van der Waals surface area contributed by atoms with Crippen LogP contribution in [0.15, 0.2) is 0 Å². The van der Waals surface area contributed by atoms with Gasteiger partial charge in [0, 0.05) is 6.54 Å². The normalized spacial score (nSPS) is 11.9. The van der Waals surface area contributed by atoms with E-state index in [-0.39, 0.29) is 17.3 Å². The third-order valence-electron chi connectivity index (χ3n) is 2.32. The molecule has 0 atom stereocenters. The van der Waals surface area contributed by atoms with Crippen molar-refractivity contribution in [1.82, 2.24) is 9.78 Å². The quantitative estimate of drug-likeness (QED) is 0.766. The minimum Gasteiger partial charge on any atom is -0.481 e. The summed E-state index contributed by atoms with van der Waals surface area (Å²) in [4.78, 5) is 0. The average Bonchev–Trinajstić information content (AvgIpc) is 2.63. The van der Waals surface area contributed by atoms with Crippen LogP contribution in [-0.4, -0.2) is 16.9 Å². The van der Waals surface area contributed by atoms with Gasteiger partial charge in [-0.15, -0.1) is 11.6 Å². The van der Waals surface area contributed by atoms with E-state index in [2.05, 4.69) is 5.10 Å². The summed E-state index contributed by atoms with van der Waals surface area (Å²) in [5, 5.41) is 3.54. The summed E-state index contributed by atoms with van der Waals surface area (Å²) in [5.74, 6) is -0.176. The zero-order chi connectivity index (χ0) is 13.1. The van der Waals surface area contributed by atoms with Gasteiger partial charge in [-0.3, -0.25) is 0 Å². The van der Waals surface area contributed by atoms with Gasteiger partial charge in [0.2, 0.25) is 5.88 Å². The van der Waals surface area contributed by atoms with Gasteiger partial charge in [-0.05, 0) is 6.42 Å². The maximum absolute atomic E-state index is 12.7. The largest absolute Gasteiger partial charge is 0.481 e. The number of methoxy groups -OCH3 is 1. The molecule has 1 heterocycles. The molecular formula is C10H14ClF3N2O. The number of halogens is 4. The van der Waals surface area contributed by atoms with Gasteiger partial charge >= 0.3 is 6.18 Å². The fourth-order valence-electron chi connectivity index (χ4n) is 1.52. The predicted octanol–water partition coefficient (Wildman–Crippen LogP) is 3.45. The second kappa shape index (κ2) is 5.62. The molecule has 0 saturated heterocycles. The molecule has 0 N–H and O–H groups in total. The molecule has 0 aliphatic carbocycles. The molecule has 0 unspecified atom stereocenters. The molecule has 0 radical (unpaired) electrons. The van der Waals surface area contributed by atoms with Crippen molar-refractivity contribution in [1.29, 1.82) is 0 Å². The van der Waals surface area contributed by atoms with E-state index in [0.717, 1.165) is 12.8 Å². The smallest absolute Gasteiger partial charge is 0.435 e. The maximum Gasteiger partial charge on any atom is 0.435 e. The van der Waals surface area contributed by atoms with Crippen LogP contribution in [0.3, 0.4) is 0 Å². The highest BCUT2D eigenvalue weighted by molar-refractivity contribution is 6.17. The number of rotatable bonds is 5. The molecule has 0 spiro atoms. The summed E-state index contributed by atoms with van der Waals surface area (Å²) in [6, 6.07) is 0. The molecule has 3 nitrogen and oxygen atoms in total. The topological polar surface area (TPSA) is 27.1 Å². The van der Waals surface area contributed by atoms with Crippen LogP contribution < -0.4 is 4.74 Å². The summed E-state index contributed by atoms with van der Waals surface area (Å²) in [7, 11) is 1.32. The Morgan fingerprint density at radius 1 is 1.41 bits per heavy atom. The summed E-state index contributed by atoms with van der Waals surface area (Å²) in [5.41, 5.74) is -1.06. The lowest BCUT2D eigenvalue weighted by Crippen LogP contribution is -2.09. The van der Waals surface area contributed by atoms with Gasteiger partial charge in [-0.2, -0.15) is 18.3 Å². The van der Waals surface area contributed by atoms with E-state index >= 15 is 0 Å². The van der Waals surface area contributed by atoms with E-state index in [1.54, 1.807) is 0 Å². The van der Waals surface area contributed by atoms with Crippen LogP contribution >= 0.6 is 11.6 Å². The number of hydrogen-bond acceptors (Lipinski definition) is 2. The number of hydrogen-bond donors (Lipinski definition) is 0. The lowest BCUT2D eigenvalue weighted by molar-refractivity contribution is -0.142. The molecule has 0 aliphatic rings.